The normalized spacial score (nSPS) is 32.3. The van der Waals surface area contributed by atoms with Gasteiger partial charge >= 0.3 is 0 Å². The Labute approximate surface area is 164 Å². The zero-order valence-electron chi connectivity index (χ0n) is 16.5. The van der Waals surface area contributed by atoms with Crippen LogP contribution < -0.4 is 11.5 Å². The summed E-state index contributed by atoms with van der Waals surface area (Å²) in [5, 5.41) is 0. The molecule has 0 amide bonds. The summed E-state index contributed by atoms with van der Waals surface area (Å²) in [6, 6.07) is 11.2. The van der Waals surface area contributed by atoms with Crippen molar-refractivity contribution in [1.29, 1.82) is 0 Å². The molecule has 0 bridgehead atoms. The third kappa shape index (κ3) is 3.53. The van der Waals surface area contributed by atoms with E-state index in [9.17, 15) is 0 Å². The molecular formula is C24H35N3. The van der Waals surface area contributed by atoms with Crippen molar-refractivity contribution in [2.75, 3.05) is 13.1 Å². The number of nitrogens with zero attached hydrogens (tertiary/aromatic N) is 1. The Morgan fingerprint density at radius 2 is 1.56 bits per heavy atom. The van der Waals surface area contributed by atoms with E-state index in [-0.39, 0.29) is 17.1 Å². The summed E-state index contributed by atoms with van der Waals surface area (Å²) in [4.78, 5) is 2.79. The van der Waals surface area contributed by atoms with Crippen LogP contribution in [0.15, 0.2) is 54.6 Å². The number of nitrogens with two attached hydrogens (primary N) is 2. The lowest BCUT2D eigenvalue weighted by Gasteiger charge is -2.50. The molecule has 27 heavy (non-hydrogen) atoms. The zero-order valence-corrected chi connectivity index (χ0v) is 16.5. The smallest absolute Gasteiger partial charge is 0.0561 e. The molecule has 0 spiro atoms. The Morgan fingerprint density at radius 3 is 2.19 bits per heavy atom. The van der Waals surface area contributed by atoms with Crippen LogP contribution in [0.1, 0.15) is 56.9 Å². The van der Waals surface area contributed by atoms with Gasteiger partial charge in [-0.2, -0.15) is 0 Å². The summed E-state index contributed by atoms with van der Waals surface area (Å²) >= 11 is 0. The molecule has 0 aromatic heterocycles. The average Bonchev–Trinajstić information content (AvgIpc) is 2.98. The maximum Gasteiger partial charge on any atom is 0.0561 e. The molecule has 3 nitrogen and oxygen atoms in total. The van der Waals surface area contributed by atoms with Crippen LogP contribution in [0.3, 0.4) is 0 Å². The highest BCUT2D eigenvalue weighted by Gasteiger charge is 2.44. The monoisotopic (exact) mass is 365 g/mol. The average molecular weight is 366 g/mol. The van der Waals surface area contributed by atoms with Crippen molar-refractivity contribution < 1.29 is 0 Å². The predicted molar refractivity (Wildman–Crippen MR) is 113 cm³/mol. The molecule has 0 radical (unpaired) electrons. The van der Waals surface area contributed by atoms with Gasteiger partial charge in [-0.05, 0) is 50.3 Å². The Balaban J connectivity index is 1.54. The fourth-order valence-corrected chi connectivity index (χ4v) is 5.75. The Kier molecular flexibility index (Phi) is 5.54. The lowest BCUT2D eigenvalue weighted by Crippen LogP contribution is -2.61. The number of rotatable bonds is 3. The molecular weight excluding hydrogens is 330 g/mol. The maximum absolute atomic E-state index is 6.79. The molecule has 1 aliphatic heterocycles. The molecule has 3 aliphatic rings. The lowest BCUT2D eigenvalue weighted by atomic mass is 9.71. The van der Waals surface area contributed by atoms with Crippen molar-refractivity contribution in [2.24, 2.45) is 17.4 Å². The van der Waals surface area contributed by atoms with Gasteiger partial charge in [0, 0.05) is 11.6 Å². The number of piperidine rings is 1. The third-order valence-electron chi connectivity index (χ3n) is 7.44. The Bertz CT molecular complexity index is 664. The second-order valence-corrected chi connectivity index (χ2v) is 8.84. The van der Waals surface area contributed by atoms with Gasteiger partial charge in [0.2, 0.25) is 0 Å². The van der Waals surface area contributed by atoms with Gasteiger partial charge in [0.05, 0.1) is 5.54 Å². The minimum atomic E-state index is -0.385. The molecule has 2 aliphatic carbocycles. The van der Waals surface area contributed by atoms with E-state index < -0.39 is 0 Å². The molecule has 2 fully saturated rings. The van der Waals surface area contributed by atoms with Crippen LogP contribution in [-0.2, 0) is 5.54 Å². The minimum Gasteiger partial charge on any atom is -0.323 e. The number of likely N-dealkylation sites (tertiary alicyclic amines) is 1. The first kappa shape index (κ1) is 18.9. The van der Waals surface area contributed by atoms with E-state index in [1.165, 1.54) is 44.1 Å². The van der Waals surface area contributed by atoms with Crippen LogP contribution in [0.4, 0.5) is 0 Å². The summed E-state index contributed by atoms with van der Waals surface area (Å²) in [5.41, 5.74) is 14.5. The van der Waals surface area contributed by atoms with Crippen LogP contribution in [0, 0.1) is 5.92 Å². The van der Waals surface area contributed by atoms with Gasteiger partial charge in [-0.15, -0.1) is 0 Å². The van der Waals surface area contributed by atoms with Crippen molar-refractivity contribution in [3.63, 3.8) is 0 Å². The molecule has 2 atom stereocenters. The van der Waals surface area contributed by atoms with Gasteiger partial charge in [0.15, 0.2) is 0 Å². The first-order chi connectivity index (χ1) is 13.2. The molecule has 1 saturated carbocycles. The van der Waals surface area contributed by atoms with Gasteiger partial charge in [-0.1, -0.05) is 80.3 Å². The van der Waals surface area contributed by atoms with E-state index in [1.807, 2.05) is 6.08 Å². The highest BCUT2D eigenvalue weighted by Crippen LogP contribution is 2.44. The van der Waals surface area contributed by atoms with Crippen molar-refractivity contribution in [3.8, 4) is 0 Å². The van der Waals surface area contributed by atoms with Crippen molar-refractivity contribution in [1.82, 2.24) is 4.90 Å². The van der Waals surface area contributed by atoms with E-state index in [1.54, 1.807) is 0 Å². The van der Waals surface area contributed by atoms with E-state index in [0.717, 1.165) is 25.9 Å². The molecule has 2 unspecified atom stereocenters. The van der Waals surface area contributed by atoms with Crippen molar-refractivity contribution in [3.05, 3.63) is 60.2 Å². The molecule has 1 heterocycles. The third-order valence-corrected chi connectivity index (χ3v) is 7.44. The van der Waals surface area contributed by atoms with Crippen LogP contribution >= 0.6 is 0 Å². The Morgan fingerprint density at radius 1 is 0.889 bits per heavy atom. The standard InChI is InChI=1S/C24H35N3/c25-22-12-6-9-17-24(22,26)21-13-18-27(19-14-21)23(15-7-1-2-8-16-23)20-10-4-3-5-11-20/h3-6,9-12,17,21-22H,1-2,7-8,13-16,18-19,25-26H2. The van der Waals surface area contributed by atoms with Crippen LogP contribution in [0.25, 0.3) is 0 Å². The van der Waals surface area contributed by atoms with Gasteiger partial charge in [0.1, 0.15) is 0 Å². The quantitative estimate of drug-likeness (QED) is 0.793. The minimum absolute atomic E-state index is 0.0694. The highest BCUT2D eigenvalue weighted by molar-refractivity contribution is 5.29. The summed E-state index contributed by atoms with van der Waals surface area (Å²) in [6.07, 6.45) is 18.6. The molecule has 146 valence electrons. The van der Waals surface area contributed by atoms with Crippen LogP contribution in [0.2, 0.25) is 0 Å². The maximum atomic E-state index is 6.79. The van der Waals surface area contributed by atoms with Gasteiger partial charge < -0.3 is 11.5 Å². The highest BCUT2D eigenvalue weighted by atomic mass is 15.2. The fourth-order valence-electron chi connectivity index (χ4n) is 5.75. The lowest BCUT2D eigenvalue weighted by molar-refractivity contribution is 0.0222. The summed E-state index contributed by atoms with van der Waals surface area (Å²) in [5.74, 6) is 0.462. The second kappa shape index (κ2) is 7.90. The number of benzene rings is 1. The largest absolute Gasteiger partial charge is 0.323 e. The first-order valence-electron chi connectivity index (χ1n) is 10.9. The number of hydrogen-bond acceptors (Lipinski definition) is 3. The number of hydrogen-bond donors (Lipinski definition) is 2. The summed E-state index contributed by atoms with van der Waals surface area (Å²) in [7, 11) is 0. The zero-order chi connectivity index (χ0) is 18.7. The molecule has 4 rings (SSSR count). The van der Waals surface area contributed by atoms with Gasteiger partial charge in [-0.25, -0.2) is 0 Å². The second-order valence-electron chi connectivity index (χ2n) is 8.84. The first-order valence-corrected chi connectivity index (χ1v) is 10.9. The van der Waals surface area contributed by atoms with E-state index in [0.29, 0.717) is 5.92 Å². The molecule has 3 heteroatoms. The van der Waals surface area contributed by atoms with Crippen molar-refractivity contribution in [2.45, 2.75) is 68.5 Å². The van der Waals surface area contributed by atoms with Crippen LogP contribution in [0.5, 0.6) is 0 Å². The molecule has 1 saturated heterocycles. The van der Waals surface area contributed by atoms with Gasteiger partial charge in [-0.3, -0.25) is 4.90 Å². The molecule has 1 aromatic rings. The van der Waals surface area contributed by atoms with Crippen LogP contribution in [-0.4, -0.2) is 29.6 Å². The van der Waals surface area contributed by atoms with E-state index in [2.05, 4.69) is 53.5 Å². The van der Waals surface area contributed by atoms with E-state index in [4.69, 9.17) is 11.5 Å². The van der Waals surface area contributed by atoms with E-state index >= 15 is 0 Å². The topological polar surface area (TPSA) is 55.3 Å². The number of allylic oxidation sites excluding steroid dienone is 2. The molecule has 1 aromatic carbocycles. The van der Waals surface area contributed by atoms with Gasteiger partial charge in [0.25, 0.3) is 0 Å². The predicted octanol–water partition coefficient (Wildman–Crippen LogP) is 4.10. The summed E-state index contributed by atoms with van der Waals surface area (Å²) < 4.78 is 0. The Hall–Kier alpha value is -1.42. The SMILES string of the molecule is NC1C=CC=CC1(N)C1CCN(C2(c3ccccc3)CCCCCC2)CC1. The summed E-state index contributed by atoms with van der Waals surface area (Å²) in [6.45, 7) is 2.26. The molecule has 4 N–H and O–H groups in total. The fraction of sp³-hybridized carbons (Fsp3) is 0.583. The van der Waals surface area contributed by atoms with Crippen molar-refractivity contribution >= 4 is 0 Å².